The van der Waals surface area contributed by atoms with E-state index in [0.717, 1.165) is 45.6 Å². The number of nitrogens with one attached hydrogen (secondary N) is 1. The molecule has 47 heavy (non-hydrogen) atoms. The van der Waals surface area contributed by atoms with Crippen molar-refractivity contribution in [1.29, 1.82) is 0 Å². The lowest BCUT2D eigenvalue weighted by atomic mass is 9.76. The molecule has 1 heterocycles. The average Bonchev–Trinajstić information content (AvgIpc) is 2.95. The Bertz CT molecular complexity index is 1820. The number of anilines is 1. The molecule has 0 saturated carbocycles. The molecule has 5 rings (SSSR count). The van der Waals surface area contributed by atoms with Crippen molar-refractivity contribution in [3.63, 3.8) is 0 Å². The van der Waals surface area contributed by atoms with Crippen LogP contribution in [0.15, 0.2) is 78.9 Å². The summed E-state index contributed by atoms with van der Waals surface area (Å²) in [6.45, 7) is 26.3. The fourth-order valence-corrected chi connectivity index (χ4v) is 6.59. The van der Waals surface area contributed by atoms with Crippen LogP contribution in [0.3, 0.4) is 0 Å². The van der Waals surface area contributed by atoms with Crippen molar-refractivity contribution in [3.8, 4) is 22.6 Å². The zero-order valence-corrected chi connectivity index (χ0v) is 30.7. The van der Waals surface area contributed by atoms with Gasteiger partial charge in [0.05, 0.1) is 5.69 Å². The van der Waals surface area contributed by atoms with E-state index in [1.807, 2.05) is 0 Å². The van der Waals surface area contributed by atoms with Crippen LogP contribution in [0.5, 0.6) is 11.5 Å². The van der Waals surface area contributed by atoms with E-state index in [0.29, 0.717) is 11.5 Å². The Hall–Kier alpha value is -3.98. The topological polar surface area (TPSA) is 52.5 Å². The van der Waals surface area contributed by atoms with Gasteiger partial charge in [-0.2, -0.15) is 0 Å². The zero-order chi connectivity index (χ0) is 34.7. The summed E-state index contributed by atoms with van der Waals surface area (Å²) in [6, 6.07) is 25.7. The highest BCUT2D eigenvalue weighted by Crippen LogP contribution is 2.50. The molecule has 4 aromatic rings. The predicted octanol–water partition coefficient (Wildman–Crippen LogP) is 11.7. The van der Waals surface area contributed by atoms with Gasteiger partial charge in [0, 0.05) is 39.4 Å². The van der Waals surface area contributed by atoms with E-state index < -0.39 is 0 Å². The van der Waals surface area contributed by atoms with E-state index in [1.165, 1.54) is 22.3 Å². The van der Waals surface area contributed by atoms with Gasteiger partial charge in [0.1, 0.15) is 11.5 Å². The van der Waals surface area contributed by atoms with Gasteiger partial charge in [-0.1, -0.05) is 150 Å². The first-order valence-corrected chi connectivity index (χ1v) is 17.1. The van der Waals surface area contributed by atoms with Gasteiger partial charge in [0.2, 0.25) is 0 Å². The molecule has 0 saturated heterocycles. The summed E-state index contributed by atoms with van der Waals surface area (Å²) in [7, 11) is 0. The second kappa shape index (κ2) is 11.9. The maximum absolute atomic E-state index is 12.0. The number of fused-ring (bicyclic) bond motifs is 1. The Balaban J connectivity index is 1.80. The second-order valence-electron chi connectivity index (χ2n) is 17.6. The largest absolute Gasteiger partial charge is 0.507 e. The number of hydrogen-bond donors (Lipinski definition) is 3. The number of para-hydroxylation sites is 1. The molecule has 0 spiro atoms. The monoisotopic (exact) mass is 629 g/mol. The molecular formula is C44H55NO2. The lowest BCUT2D eigenvalue weighted by Gasteiger charge is -2.32. The smallest absolute Gasteiger partial charge is 0.128 e. The number of hydrogen-bond acceptors (Lipinski definition) is 3. The molecule has 1 aliphatic rings. The lowest BCUT2D eigenvalue weighted by Crippen LogP contribution is -2.20. The Morgan fingerprint density at radius 3 is 1.57 bits per heavy atom. The lowest BCUT2D eigenvalue weighted by molar-refractivity contribution is 0.442. The van der Waals surface area contributed by atoms with Crippen LogP contribution < -0.4 is 5.32 Å². The summed E-state index contributed by atoms with van der Waals surface area (Å²) in [4.78, 5) is 0. The highest BCUT2D eigenvalue weighted by Gasteiger charge is 2.32. The van der Waals surface area contributed by atoms with E-state index in [1.54, 1.807) is 0 Å². The first-order valence-electron chi connectivity index (χ1n) is 17.1. The van der Waals surface area contributed by atoms with E-state index in [9.17, 15) is 10.2 Å². The molecule has 4 aromatic carbocycles. The van der Waals surface area contributed by atoms with Crippen molar-refractivity contribution in [2.24, 2.45) is 0 Å². The summed E-state index contributed by atoms with van der Waals surface area (Å²) in [5, 5.41) is 27.7. The quantitative estimate of drug-likeness (QED) is 0.210. The number of rotatable bonds is 4. The molecule has 3 nitrogen and oxygen atoms in total. The van der Waals surface area contributed by atoms with Crippen LogP contribution in [0.1, 0.15) is 128 Å². The Kier molecular flexibility index (Phi) is 8.71. The van der Waals surface area contributed by atoms with Crippen LogP contribution in [-0.2, 0) is 28.1 Å². The minimum atomic E-state index is -0.246. The molecule has 3 heteroatoms. The van der Waals surface area contributed by atoms with Crippen molar-refractivity contribution in [2.75, 3.05) is 5.32 Å². The maximum atomic E-state index is 12.0. The minimum absolute atomic E-state index is 0.0504. The van der Waals surface area contributed by atoms with Crippen LogP contribution in [0, 0.1) is 0 Å². The Labute approximate surface area is 283 Å². The van der Waals surface area contributed by atoms with E-state index in [4.69, 9.17) is 0 Å². The zero-order valence-electron chi connectivity index (χ0n) is 30.7. The molecule has 0 bridgehead atoms. The highest BCUT2D eigenvalue weighted by atomic mass is 16.3. The first-order chi connectivity index (χ1) is 21.7. The van der Waals surface area contributed by atoms with Crippen LogP contribution in [0.25, 0.3) is 16.8 Å². The number of aromatic hydroxyl groups is 2. The average molecular weight is 630 g/mol. The third-order valence-electron chi connectivity index (χ3n) is 9.57. The molecule has 0 aromatic heterocycles. The van der Waals surface area contributed by atoms with Crippen LogP contribution in [0.4, 0.5) is 5.69 Å². The van der Waals surface area contributed by atoms with Crippen molar-refractivity contribution >= 4 is 11.4 Å². The van der Waals surface area contributed by atoms with Gasteiger partial charge in [0.25, 0.3) is 0 Å². The minimum Gasteiger partial charge on any atom is -0.507 e. The Morgan fingerprint density at radius 2 is 1.06 bits per heavy atom. The molecule has 1 unspecified atom stereocenters. The third-order valence-corrected chi connectivity index (χ3v) is 9.57. The van der Waals surface area contributed by atoms with Crippen LogP contribution in [-0.4, -0.2) is 10.2 Å². The number of benzene rings is 4. The normalized spacial score (nSPS) is 15.6. The maximum Gasteiger partial charge on any atom is 0.128 e. The molecule has 0 fully saturated rings. The molecule has 0 radical (unpaired) electrons. The van der Waals surface area contributed by atoms with Crippen molar-refractivity contribution in [1.82, 2.24) is 0 Å². The number of allylic oxidation sites excluding steroid dienone is 1. The fraction of sp³-hybridized carbons (Fsp3) is 0.409. The summed E-state index contributed by atoms with van der Waals surface area (Å²) < 4.78 is 0. The van der Waals surface area contributed by atoms with E-state index in [-0.39, 0.29) is 27.6 Å². The molecule has 0 aliphatic carbocycles. The molecule has 3 N–H and O–H groups in total. The van der Waals surface area contributed by atoms with Gasteiger partial charge in [-0.25, -0.2) is 0 Å². The number of phenols is 2. The predicted molar refractivity (Wildman–Crippen MR) is 201 cm³/mol. The molecule has 248 valence electrons. The van der Waals surface area contributed by atoms with Gasteiger partial charge in [-0.15, -0.1) is 0 Å². The van der Waals surface area contributed by atoms with E-state index >= 15 is 0 Å². The summed E-state index contributed by atoms with van der Waals surface area (Å²) in [5.74, 6) is 0.689. The van der Waals surface area contributed by atoms with Gasteiger partial charge >= 0.3 is 0 Å². The van der Waals surface area contributed by atoms with Crippen molar-refractivity contribution in [2.45, 2.75) is 117 Å². The van der Waals surface area contributed by atoms with Crippen molar-refractivity contribution < 1.29 is 10.2 Å². The Morgan fingerprint density at radius 1 is 0.553 bits per heavy atom. The SMILES string of the molecule is CC(C)(C)c1cc(C2=CC(Cc3ccccc3)c3cccc(-c4cc(C(C)(C)C)cc(C(C)(C)C)c4O)c3N2)c(O)c(C(C)(C)C)c1. The highest BCUT2D eigenvalue weighted by molar-refractivity contribution is 5.94. The molecule has 1 atom stereocenters. The third kappa shape index (κ3) is 7.00. The first kappa shape index (κ1) is 34.4. The van der Waals surface area contributed by atoms with Crippen LogP contribution in [0.2, 0.25) is 0 Å². The van der Waals surface area contributed by atoms with Gasteiger partial charge in [-0.3, -0.25) is 0 Å². The van der Waals surface area contributed by atoms with Crippen LogP contribution >= 0.6 is 0 Å². The van der Waals surface area contributed by atoms with E-state index in [2.05, 4.69) is 167 Å². The van der Waals surface area contributed by atoms with Crippen molar-refractivity contribution in [3.05, 3.63) is 118 Å². The van der Waals surface area contributed by atoms with Gasteiger partial charge < -0.3 is 15.5 Å². The molecule has 1 aliphatic heterocycles. The van der Waals surface area contributed by atoms with Gasteiger partial charge in [0.15, 0.2) is 0 Å². The molecular weight excluding hydrogens is 574 g/mol. The summed E-state index contributed by atoms with van der Waals surface area (Å²) in [5.41, 5.74) is 10.4. The molecule has 0 amide bonds. The summed E-state index contributed by atoms with van der Waals surface area (Å²) in [6.07, 6.45) is 3.11. The van der Waals surface area contributed by atoms with Gasteiger partial charge in [-0.05, 0) is 62.5 Å². The summed E-state index contributed by atoms with van der Waals surface area (Å²) >= 11 is 0. The fourth-order valence-electron chi connectivity index (χ4n) is 6.59. The number of phenolic OH excluding ortho intramolecular Hbond substituents is 2. The second-order valence-corrected chi connectivity index (χ2v) is 17.6. The standard InChI is InChI=1S/C44H55NO2/c1-41(2,3)29-23-33(39(46)35(25-29)43(7,8)9)32-20-16-19-31-28(21-27-17-14-13-15-18-27)22-37(45-38(31)32)34-24-30(42(4,5)6)26-36(40(34)47)44(10,11)12/h13-20,22-26,28,45-47H,21H2,1-12H3.